The van der Waals surface area contributed by atoms with Crippen molar-refractivity contribution in [1.82, 2.24) is 15.9 Å². The summed E-state index contributed by atoms with van der Waals surface area (Å²) < 4.78 is 29.6. The van der Waals surface area contributed by atoms with E-state index in [9.17, 15) is 28.0 Å². The molecule has 0 saturated heterocycles. The van der Waals surface area contributed by atoms with E-state index in [2.05, 4.69) is 11.5 Å². The molecule has 1 fully saturated rings. The Balaban J connectivity index is 0.000000537. The highest BCUT2D eigenvalue weighted by Crippen LogP contribution is 2.44. The van der Waals surface area contributed by atoms with Crippen LogP contribution in [0.15, 0.2) is 53.0 Å². The lowest BCUT2D eigenvalue weighted by Gasteiger charge is -2.40. The van der Waals surface area contributed by atoms with Crippen LogP contribution in [0.5, 0.6) is 0 Å². The molecule has 1 aromatic carbocycles. The molecule has 3 rings (SSSR count). The van der Waals surface area contributed by atoms with E-state index in [4.69, 9.17) is 10.3 Å². The normalized spacial score (nSPS) is 20.0. The van der Waals surface area contributed by atoms with E-state index in [0.29, 0.717) is 25.3 Å². The highest BCUT2D eigenvalue weighted by Gasteiger charge is 2.49. The lowest BCUT2D eigenvalue weighted by atomic mass is 9.64. The third kappa shape index (κ3) is 11.1. The highest BCUT2D eigenvalue weighted by molar-refractivity contribution is 7.85. The number of hydrazine groups is 1. The van der Waals surface area contributed by atoms with Crippen molar-refractivity contribution in [3.8, 4) is 0 Å². The Morgan fingerprint density at radius 2 is 1.62 bits per heavy atom. The third-order valence-corrected chi connectivity index (χ3v) is 9.07. The third-order valence-electron chi connectivity index (χ3n) is 8.20. The summed E-state index contributed by atoms with van der Waals surface area (Å²) in [5.74, 6) is -1.61. The Morgan fingerprint density at radius 3 is 2.11 bits per heavy atom. The molecule has 0 radical (unpaired) electrons. The molecule has 0 heterocycles. The summed E-state index contributed by atoms with van der Waals surface area (Å²) in [5.41, 5.74) is 11.2. The minimum Gasteiger partial charge on any atom is -0.320 e. The molecule has 12 heteroatoms. The maximum Gasteiger partial charge on any atom is 0.294 e. The van der Waals surface area contributed by atoms with Gasteiger partial charge in [0.15, 0.2) is 0 Å². The van der Waals surface area contributed by atoms with Crippen molar-refractivity contribution in [2.45, 2.75) is 97.4 Å². The van der Waals surface area contributed by atoms with Gasteiger partial charge in [-0.2, -0.15) is 8.42 Å². The molecule has 2 aliphatic carbocycles. The van der Waals surface area contributed by atoms with E-state index < -0.39 is 39.3 Å². The van der Waals surface area contributed by atoms with Gasteiger partial charge in [-0.15, -0.1) is 0 Å². The zero-order chi connectivity index (χ0) is 33.9. The summed E-state index contributed by atoms with van der Waals surface area (Å²) >= 11 is 0. The fraction of sp³-hybridized carbons (Fsp3) is 0.606. The predicted molar refractivity (Wildman–Crippen MR) is 173 cm³/mol. The monoisotopic (exact) mass is 648 g/mol. The van der Waals surface area contributed by atoms with Gasteiger partial charge >= 0.3 is 0 Å². The van der Waals surface area contributed by atoms with E-state index in [1.807, 2.05) is 52.3 Å². The minimum absolute atomic E-state index is 0.0666. The fourth-order valence-electron chi connectivity index (χ4n) is 5.89. The van der Waals surface area contributed by atoms with Crippen LogP contribution in [0.4, 0.5) is 0 Å². The van der Waals surface area contributed by atoms with Gasteiger partial charge in [0.05, 0.1) is 22.3 Å². The van der Waals surface area contributed by atoms with Crippen molar-refractivity contribution in [2.75, 3.05) is 6.54 Å². The van der Waals surface area contributed by atoms with Gasteiger partial charge in [0.25, 0.3) is 21.9 Å². The molecule has 0 aromatic heterocycles. The molecular formula is C33H52N4O7S. The van der Waals surface area contributed by atoms with Gasteiger partial charge in [-0.25, -0.2) is 5.48 Å². The number of aryl methyl sites for hydroxylation is 1. The van der Waals surface area contributed by atoms with Crippen LogP contribution in [-0.4, -0.2) is 53.5 Å². The van der Waals surface area contributed by atoms with Crippen molar-refractivity contribution < 1.29 is 32.6 Å². The first-order valence-corrected chi connectivity index (χ1v) is 17.2. The SMILES string of the molecule is CC(C)C[C@@H](C(=O)NN(CC(C)C)C(=O)[C@@H](C)N)C1(C(=O)NO)C=C(C2CCCCC2)C=CC1.Cc1ccc(S(=O)(=O)O)cc1. The molecule has 11 nitrogen and oxygen atoms in total. The van der Waals surface area contributed by atoms with Gasteiger partial charge in [-0.3, -0.25) is 34.6 Å². The number of rotatable bonds is 10. The summed E-state index contributed by atoms with van der Waals surface area (Å²) in [4.78, 5) is 39.6. The van der Waals surface area contributed by atoms with Gasteiger partial charge in [0.2, 0.25) is 5.91 Å². The summed E-state index contributed by atoms with van der Waals surface area (Å²) in [5, 5.41) is 11.0. The van der Waals surface area contributed by atoms with Crippen LogP contribution in [0.25, 0.3) is 0 Å². The van der Waals surface area contributed by atoms with Crippen LogP contribution in [0, 0.1) is 36.0 Å². The smallest absolute Gasteiger partial charge is 0.294 e. The van der Waals surface area contributed by atoms with E-state index >= 15 is 0 Å². The number of nitrogens with zero attached hydrogens (tertiary/aromatic N) is 1. The highest BCUT2D eigenvalue weighted by atomic mass is 32.2. The number of benzene rings is 1. The molecular weight excluding hydrogens is 596 g/mol. The Hall–Kier alpha value is -3.06. The van der Waals surface area contributed by atoms with Gasteiger partial charge in [-0.05, 0) is 75.0 Å². The number of hydroxylamine groups is 1. The first kappa shape index (κ1) is 38.1. The molecule has 3 amide bonds. The van der Waals surface area contributed by atoms with Crippen LogP contribution < -0.4 is 16.6 Å². The van der Waals surface area contributed by atoms with E-state index in [0.717, 1.165) is 36.8 Å². The Morgan fingerprint density at radius 1 is 1.02 bits per heavy atom. The lowest BCUT2D eigenvalue weighted by Crippen LogP contribution is -2.57. The zero-order valence-electron chi connectivity index (χ0n) is 27.5. The largest absolute Gasteiger partial charge is 0.320 e. The molecule has 0 aliphatic heterocycles. The molecule has 252 valence electrons. The van der Waals surface area contributed by atoms with Gasteiger partial charge < -0.3 is 5.73 Å². The predicted octanol–water partition coefficient (Wildman–Crippen LogP) is 4.71. The standard InChI is InChI=1S/C26H44N4O4.C7H8O3S/c1-17(2)14-22(23(31)28-30(16-18(3)4)24(32)19(5)27)26(25(33)29-34)13-9-12-21(15-26)20-10-7-6-8-11-20;1-6-2-4-7(5-3-6)11(8,9)10/h9,12,15,17-20,22,34H,6-8,10-11,13-14,16,27H2,1-5H3,(H,28,31)(H,29,33);2-5H,1H3,(H,8,9,10)/t19-,22+,26?;/m1./s1. The Labute approximate surface area is 268 Å². The van der Waals surface area contributed by atoms with Crippen LogP contribution >= 0.6 is 0 Å². The average molecular weight is 649 g/mol. The number of carbonyl (C=O) groups is 3. The Kier molecular flexibility index (Phi) is 14.4. The van der Waals surface area contributed by atoms with Crippen molar-refractivity contribution in [3.63, 3.8) is 0 Å². The Bertz CT molecular complexity index is 1320. The maximum atomic E-state index is 13.7. The lowest BCUT2D eigenvalue weighted by molar-refractivity contribution is -0.151. The van der Waals surface area contributed by atoms with Crippen molar-refractivity contribution in [2.24, 2.45) is 34.8 Å². The van der Waals surface area contributed by atoms with E-state index in [-0.39, 0.29) is 22.6 Å². The first-order chi connectivity index (χ1) is 21.0. The van der Waals surface area contributed by atoms with Crippen LogP contribution in [0.3, 0.4) is 0 Å². The molecule has 45 heavy (non-hydrogen) atoms. The zero-order valence-corrected chi connectivity index (χ0v) is 28.3. The second kappa shape index (κ2) is 17.0. The molecule has 3 atom stereocenters. The molecule has 1 unspecified atom stereocenters. The molecule has 6 N–H and O–H groups in total. The van der Waals surface area contributed by atoms with Gasteiger partial charge in [0, 0.05) is 6.54 Å². The van der Waals surface area contributed by atoms with Crippen molar-refractivity contribution >= 4 is 27.8 Å². The van der Waals surface area contributed by atoms with E-state index in [1.54, 1.807) is 19.1 Å². The van der Waals surface area contributed by atoms with Crippen LogP contribution in [0.2, 0.25) is 0 Å². The minimum atomic E-state index is -4.02. The number of nitrogens with one attached hydrogen (secondary N) is 2. The fourth-order valence-corrected chi connectivity index (χ4v) is 6.37. The summed E-state index contributed by atoms with van der Waals surface area (Å²) in [7, 11) is -4.02. The summed E-state index contributed by atoms with van der Waals surface area (Å²) in [6.07, 6.45) is 12.3. The number of nitrogens with two attached hydrogens (primary N) is 1. The first-order valence-electron chi connectivity index (χ1n) is 15.8. The topological polar surface area (TPSA) is 179 Å². The molecule has 0 bridgehead atoms. The van der Waals surface area contributed by atoms with Gasteiger partial charge in [-0.1, -0.05) is 82.9 Å². The summed E-state index contributed by atoms with van der Waals surface area (Å²) in [6, 6.07) is 5.22. The maximum absolute atomic E-state index is 13.7. The van der Waals surface area contributed by atoms with Gasteiger partial charge in [0.1, 0.15) is 0 Å². The van der Waals surface area contributed by atoms with Crippen LogP contribution in [-0.2, 0) is 24.5 Å². The quantitative estimate of drug-likeness (QED) is 0.137. The average Bonchev–Trinajstić information content (AvgIpc) is 2.98. The molecule has 2 aliphatic rings. The number of allylic oxidation sites excluding steroid dienone is 3. The summed E-state index contributed by atoms with van der Waals surface area (Å²) in [6.45, 7) is 11.6. The van der Waals surface area contributed by atoms with Crippen molar-refractivity contribution in [1.29, 1.82) is 0 Å². The molecule has 1 saturated carbocycles. The second-order valence-electron chi connectivity index (χ2n) is 13.1. The van der Waals surface area contributed by atoms with Crippen molar-refractivity contribution in [3.05, 3.63) is 53.6 Å². The number of hydrogen-bond acceptors (Lipinski definition) is 7. The number of amides is 3. The molecule has 1 aromatic rings. The molecule has 0 spiro atoms. The number of carbonyl (C=O) groups excluding carboxylic acids is 3. The van der Waals surface area contributed by atoms with E-state index in [1.165, 1.54) is 23.6 Å². The second-order valence-corrected chi connectivity index (χ2v) is 14.6. The number of hydrogen-bond donors (Lipinski definition) is 5. The van der Waals surface area contributed by atoms with Crippen LogP contribution in [0.1, 0.15) is 85.1 Å².